The zero-order valence-electron chi connectivity index (χ0n) is 13.9. The van der Waals surface area contributed by atoms with E-state index in [4.69, 9.17) is 23.4 Å². The lowest BCUT2D eigenvalue weighted by atomic mass is 10.2. The molecule has 26 heavy (non-hydrogen) atoms. The minimum Gasteiger partial charge on any atom is -0.494 e. The number of benzene rings is 1. The van der Waals surface area contributed by atoms with Crippen molar-refractivity contribution in [2.75, 3.05) is 4.90 Å². The molecule has 0 spiro atoms. The number of nitrogens with one attached hydrogen (secondary N) is 1. The molecule has 134 valence electrons. The summed E-state index contributed by atoms with van der Waals surface area (Å²) >= 11 is 7.66. The number of anilines is 1. The number of carbonyl (C=O) groups is 1. The molecule has 0 bridgehead atoms. The maximum absolute atomic E-state index is 13.0. The fraction of sp³-hybridized carbons (Fsp3) is 0.118. The highest BCUT2D eigenvalue weighted by Gasteiger charge is 2.35. The van der Waals surface area contributed by atoms with Gasteiger partial charge in [0.05, 0.1) is 5.69 Å². The van der Waals surface area contributed by atoms with Crippen LogP contribution in [-0.2, 0) is 11.3 Å². The van der Waals surface area contributed by atoms with Crippen molar-refractivity contribution < 1.29 is 9.90 Å². The van der Waals surface area contributed by atoms with Crippen LogP contribution in [0.1, 0.15) is 5.56 Å². The summed E-state index contributed by atoms with van der Waals surface area (Å²) in [6.45, 7) is 5.97. The van der Waals surface area contributed by atoms with Crippen LogP contribution in [-0.4, -0.2) is 19.9 Å². The van der Waals surface area contributed by atoms with Gasteiger partial charge >= 0.3 is 0 Å². The number of nitrogens with two attached hydrogens (primary N) is 1. The minimum absolute atomic E-state index is 0.0329. The van der Waals surface area contributed by atoms with Gasteiger partial charge in [-0.25, -0.2) is 0 Å². The number of nitrogens with zero attached hydrogens (tertiary/aromatic N) is 2. The first kappa shape index (κ1) is 18.4. The quantitative estimate of drug-likeness (QED) is 0.529. The monoisotopic (exact) mass is 404 g/mol. The van der Waals surface area contributed by atoms with E-state index in [0.29, 0.717) is 26.1 Å². The van der Waals surface area contributed by atoms with Crippen molar-refractivity contribution in [1.82, 2.24) is 4.57 Å². The fourth-order valence-electron chi connectivity index (χ4n) is 2.48. The molecule has 2 aromatic rings. The molecule has 1 aromatic heterocycles. The van der Waals surface area contributed by atoms with Gasteiger partial charge in [-0.15, -0.1) is 17.9 Å². The van der Waals surface area contributed by atoms with Gasteiger partial charge in [-0.1, -0.05) is 47.8 Å². The summed E-state index contributed by atoms with van der Waals surface area (Å²) in [4.78, 5) is 14.9. The molecule has 1 amide bonds. The first-order valence-corrected chi connectivity index (χ1v) is 9.60. The highest BCUT2D eigenvalue weighted by atomic mass is 32.2. The molecule has 0 saturated carbocycles. The maximum Gasteiger partial charge on any atom is 0.273 e. The van der Waals surface area contributed by atoms with Gasteiger partial charge in [0.15, 0.2) is 4.32 Å². The Kier molecular flexibility index (Phi) is 5.03. The number of thiazole rings is 1. The average molecular weight is 405 g/mol. The molecule has 3 rings (SSSR count). The van der Waals surface area contributed by atoms with Crippen LogP contribution in [0.5, 0.6) is 0 Å². The van der Waals surface area contributed by atoms with Crippen LogP contribution in [0, 0.1) is 12.3 Å². The van der Waals surface area contributed by atoms with Crippen molar-refractivity contribution in [3.05, 3.63) is 57.2 Å². The predicted molar refractivity (Wildman–Crippen MR) is 110 cm³/mol. The summed E-state index contributed by atoms with van der Waals surface area (Å²) in [6, 6.07) is 7.52. The minimum atomic E-state index is -0.446. The van der Waals surface area contributed by atoms with E-state index in [1.165, 1.54) is 16.7 Å². The molecular formula is C17H16N4O2S3. The number of carbonyl (C=O) groups excluding carboxylic acids is 1. The van der Waals surface area contributed by atoms with Crippen molar-refractivity contribution in [2.24, 2.45) is 5.73 Å². The second-order valence-electron chi connectivity index (χ2n) is 5.54. The summed E-state index contributed by atoms with van der Waals surface area (Å²) in [5.41, 5.74) is 7.29. The Hall–Kier alpha value is -2.36. The molecule has 0 unspecified atom stereocenters. The molecule has 1 aromatic carbocycles. The third-order valence-corrected chi connectivity index (χ3v) is 6.44. The van der Waals surface area contributed by atoms with E-state index >= 15 is 0 Å². The van der Waals surface area contributed by atoms with Crippen LogP contribution in [0.15, 0.2) is 36.9 Å². The Morgan fingerprint density at radius 3 is 2.65 bits per heavy atom. The smallest absolute Gasteiger partial charge is 0.273 e. The number of aliphatic hydroxyl groups is 1. The van der Waals surface area contributed by atoms with Gasteiger partial charge in [0.25, 0.3) is 5.91 Å². The van der Waals surface area contributed by atoms with Gasteiger partial charge in [0, 0.05) is 6.54 Å². The molecule has 0 atom stereocenters. The number of thioether (sulfide) groups is 1. The van der Waals surface area contributed by atoms with E-state index in [-0.39, 0.29) is 15.9 Å². The van der Waals surface area contributed by atoms with Crippen LogP contribution in [0.2, 0.25) is 0 Å². The van der Waals surface area contributed by atoms with Gasteiger partial charge in [0.2, 0.25) is 5.88 Å². The number of hydrogen-bond acceptors (Lipinski definition) is 7. The number of aryl methyl sites for hydroxylation is 1. The number of amides is 1. The summed E-state index contributed by atoms with van der Waals surface area (Å²) < 4.78 is 2.73. The van der Waals surface area contributed by atoms with Crippen molar-refractivity contribution in [3.63, 3.8) is 0 Å². The third kappa shape index (κ3) is 3.09. The summed E-state index contributed by atoms with van der Waals surface area (Å²) in [6.07, 6.45) is 1.62. The van der Waals surface area contributed by atoms with Gasteiger partial charge in [0.1, 0.15) is 19.6 Å². The molecule has 1 saturated heterocycles. The van der Waals surface area contributed by atoms with Crippen molar-refractivity contribution in [2.45, 2.75) is 13.5 Å². The number of aromatic nitrogens is 1. The molecule has 0 radical (unpaired) electrons. The number of thiocarbonyl (C=S) groups is 1. The van der Waals surface area contributed by atoms with E-state index in [1.807, 2.05) is 31.2 Å². The highest BCUT2D eigenvalue weighted by molar-refractivity contribution is 8.31. The topological polar surface area (TPSA) is 95.3 Å². The van der Waals surface area contributed by atoms with Crippen LogP contribution >= 0.6 is 35.3 Å². The van der Waals surface area contributed by atoms with E-state index in [0.717, 1.165) is 16.9 Å². The van der Waals surface area contributed by atoms with E-state index in [1.54, 1.807) is 10.6 Å². The lowest BCUT2D eigenvalue weighted by Crippen LogP contribution is -2.34. The second-order valence-corrected chi connectivity index (χ2v) is 8.19. The third-order valence-electron chi connectivity index (χ3n) is 3.73. The average Bonchev–Trinajstić information content (AvgIpc) is 3.06. The molecule has 2 heterocycles. The first-order chi connectivity index (χ1) is 12.3. The number of hydrogen-bond donors (Lipinski definition) is 3. The normalized spacial score (nSPS) is 17.7. The second kappa shape index (κ2) is 7.10. The standard InChI is InChI=1S/C17H16N4O2S3/c1-3-8-20-13(18)11(14(19)22)25-16(20)12-15(23)21(17(24)26-12)10-6-4-9(2)5-7-10/h3-7,18,22H,1,8,19H2,2H3/b14-11-,16-12?,18-13?. The Bertz CT molecular complexity index is 1090. The maximum atomic E-state index is 13.0. The van der Waals surface area contributed by atoms with Crippen molar-refractivity contribution >= 4 is 62.0 Å². The summed E-state index contributed by atoms with van der Waals surface area (Å²) in [5, 5.41) is 17.8. The first-order valence-electron chi connectivity index (χ1n) is 7.56. The SMILES string of the molecule is C=CCn1c(=C2SC(=S)N(c3ccc(C)cc3)C2=O)s/c(=C(/N)O)c1=N. The molecule has 4 N–H and O–H groups in total. The zero-order chi connectivity index (χ0) is 19.0. The van der Waals surface area contributed by atoms with E-state index in [2.05, 4.69) is 6.58 Å². The van der Waals surface area contributed by atoms with Crippen LogP contribution in [0.25, 0.3) is 10.8 Å². The lowest BCUT2D eigenvalue weighted by molar-refractivity contribution is -0.112. The lowest BCUT2D eigenvalue weighted by Gasteiger charge is -2.14. The highest BCUT2D eigenvalue weighted by Crippen LogP contribution is 2.35. The molecule has 9 heteroatoms. The molecule has 1 aliphatic heterocycles. The van der Waals surface area contributed by atoms with Crippen molar-refractivity contribution in [3.8, 4) is 0 Å². The Morgan fingerprint density at radius 1 is 1.42 bits per heavy atom. The summed E-state index contributed by atoms with van der Waals surface area (Å²) in [7, 11) is 0. The number of rotatable bonds is 3. The number of aliphatic hydroxyl groups excluding tert-OH is 1. The van der Waals surface area contributed by atoms with Gasteiger partial charge in [-0.2, -0.15) is 0 Å². The van der Waals surface area contributed by atoms with Gasteiger partial charge < -0.3 is 15.4 Å². The fourth-order valence-corrected chi connectivity index (χ4v) is 4.96. The zero-order valence-corrected chi connectivity index (χ0v) is 16.3. The number of allylic oxidation sites excluding steroid dienone is 1. The Balaban J connectivity index is 2.23. The summed E-state index contributed by atoms with van der Waals surface area (Å²) in [5.74, 6) is -0.705. The van der Waals surface area contributed by atoms with E-state index in [9.17, 15) is 9.90 Å². The molecular weight excluding hydrogens is 388 g/mol. The van der Waals surface area contributed by atoms with Crippen LogP contribution in [0.3, 0.4) is 0 Å². The molecule has 6 nitrogen and oxygen atoms in total. The van der Waals surface area contributed by atoms with Crippen molar-refractivity contribution in [1.29, 1.82) is 5.41 Å². The molecule has 0 aliphatic carbocycles. The van der Waals surface area contributed by atoms with Crippen LogP contribution in [0.4, 0.5) is 5.69 Å². The largest absolute Gasteiger partial charge is 0.494 e. The predicted octanol–water partition coefficient (Wildman–Crippen LogP) is 1.28. The van der Waals surface area contributed by atoms with Gasteiger partial charge in [-0.3, -0.25) is 15.1 Å². The van der Waals surface area contributed by atoms with Gasteiger partial charge in [-0.05, 0) is 19.1 Å². The molecule has 1 fully saturated rings. The Labute approximate surface area is 163 Å². The molecule has 1 aliphatic rings. The Morgan fingerprint density at radius 2 is 2.08 bits per heavy atom. The van der Waals surface area contributed by atoms with Crippen LogP contribution < -0.4 is 25.3 Å². The van der Waals surface area contributed by atoms with E-state index < -0.39 is 5.88 Å².